The molecule has 1 amide bonds. The summed E-state index contributed by atoms with van der Waals surface area (Å²) in [5.41, 5.74) is 2.36. The molecule has 120 valence electrons. The molecule has 0 saturated carbocycles. The van der Waals surface area contributed by atoms with Crippen LogP contribution in [-0.4, -0.2) is 17.4 Å². The normalized spacial score (nSPS) is 13.8. The summed E-state index contributed by atoms with van der Waals surface area (Å²) in [5, 5.41) is 0.727. The van der Waals surface area contributed by atoms with Crippen molar-refractivity contribution in [1.82, 2.24) is 4.90 Å². The number of halogens is 1. The number of rotatable bonds is 1. The Morgan fingerprint density at radius 3 is 2.71 bits per heavy atom. The lowest BCUT2D eigenvalue weighted by atomic mass is 9.99. The van der Waals surface area contributed by atoms with Crippen molar-refractivity contribution in [2.24, 2.45) is 0 Å². The molecule has 1 aliphatic rings. The first kappa shape index (κ1) is 15.1. The van der Waals surface area contributed by atoms with Crippen molar-refractivity contribution in [3.05, 3.63) is 80.1 Å². The second-order valence-electron chi connectivity index (χ2n) is 5.88. The number of benzene rings is 2. The molecule has 1 aromatic heterocycles. The molecule has 0 spiro atoms. The first-order valence-electron chi connectivity index (χ1n) is 7.71. The Morgan fingerprint density at radius 1 is 1.08 bits per heavy atom. The van der Waals surface area contributed by atoms with Crippen molar-refractivity contribution in [1.29, 1.82) is 0 Å². The van der Waals surface area contributed by atoms with Crippen LogP contribution in [0.15, 0.2) is 62.2 Å². The van der Waals surface area contributed by atoms with Gasteiger partial charge in [-0.2, -0.15) is 0 Å². The Balaban J connectivity index is 1.71. The molecule has 2 heterocycles. The number of amides is 1. The lowest BCUT2D eigenvalue weighted by molar-refractivity contribution is 0.0730. The largest absolute Gasteiger partial charge is 0.422 e. The van der Waals surface area contributed by atoms with Gasteiger partial charge in [0.2, 0.25) is 0 Å². The molecule has 3 aromatic rings. The van der Waals surface area contributed by atoms with Crippen molar-refractivity contribution in [3.8, 4) is 0 Å². The van der Waals surface area contributed by atoms with E-state index < -0.39 is 5.63 Å². The summed E-state index contributed by atoms with van der Waals surface area (Å²) in [6.45, 7) is 1.12. The van der Waals surface area contributed by atoms with Gasteiger partial charge in [0.25, 0.3) is 5.91 Å². The third kappa shape index (κ3) is 2.65. The highest BCUT2D eigenvalue weighted by Crippen LogP contribution is 2.22. The number of carbonyl (C=O) groups excluding carboxylic acids is 1. The van der Waals surface area contributed by atoms with Crippen molar-refractivity contribution < 1.29 is 9.21 Å². The number of hydrogen-bond donors (Lipinski definition) is 0. The third-order valence-corrected chi connectivity index (χ3v) is 4.84. The van der Waals surface area contributed by atoms with E-state index in [1.807, 2.05) is 24.3 Å². The Morgan fingerprint density at radius 2 is 1.88 bits per heavy atom. The minimum Gasteiger partial charge on any atom is -0.422 e. The van der Waals surface area contributed by atoms with Crippen LogP contribution >= 0.6 is 15.9 Å². The van der Waals surface area contributed by atoms with E-state index in [2.05, 4.69) is 22.0 Å². The summed E-state index contributed by atoms with van der Waals surface area (Å²) in [4.78, 5) is 26.7. The van der Waals surface area contributed by atoms with Gasteiger partial charge in [-0.15, -0.1) is 0 Å². The maximum absolute atomic E-state index is 12.8. The smallest absolute Gasteiger partial charge is 0.349 e. The molecule has 0 aliphatic carbocycles. The molecule has 4 rings (SSSR count). The lowest BCUT2D eigenvalue weighted by Gasteiger charge is -2.28. The standard InChI is InChI=1S/C19H14BrNO3/c20-15-5-6-17-14(9-15)10-16(19(23)24-17)18(22)21-8-7-12-3-1-2-4-13(12)11-21/h1-6,9-10H,7-8,11H2. The zero-order chi connectivity index (χ0) is 16.7. The molecular formula is C19H14BrNO3. The van der Waals surface area contributed by atoms with E-state index in [9.17, 15) is 9.59 Å². The van der Waals surface area contributed by atoms with Crippen molar-refractivity contribution in [2.75, 3.05) is 6.54 Å². The highest BCUT2D eigenvalue weighted by molar-refractivity contribution is 9.10. The summed E-state index contributed by atoms with van der Waals surface area (Å²) < 4.78 is 6.17. The first-order valence-corrected chi connectivity index (χ1v) is 8.50. The Hall–Kier alpha value is -2.40. The molecule has 0 atom stereocenters. The van der Waals surface area contributed by atoms with Crippen LogP contribution in [0.4, 0.5) is 0 Å². The molecular weight excluding hydrogens is 370 g/mol. The van der Waals surface area contributed by atoms with Crippen LogP contribution in [0.1, 0.15) is 21.5 Å². The van der Waals surface area contributed by atoms with Gasteiger partial charge in [-0.05, 0) is 41.8 Å². The SMILES string of the molecule is O=C(c1cc2cc(Br)ccc2oc1=O)N1CCc2ccccc2C1. The summed E-state index contributed by atoms with van der Waals surface area (Å²) >= 11 is 3.39. The van der Waals surface area contributed by atoms with E-state index in [0.29, 0.717) is 18.7 Å². The van der Waals surface area contributed by atoms with Crippen LogP contribution in [0.25, 0.3) is 11.0 Å². The quantitative estimate of drug-likeness (QED) is 0.601. The first-order chi connectivity index (χ1) is 11.6. The average molecular weight is 384 g/mol. The molecule has 0 unspecified atom stereocenters. The molecule has 0 N–H and O–H groups in total. The van der Waals surface area contributed by atoms with Crippen LogP contribution in [0.3, 0.4) is 0 Å². The second-order valence-corrected chi connectivity index (χ2v) is 6.79. The lowest BCUT2D eigenvalue weighted by Crippen LogP contribution is -2.38. The predicted molar refractivity (Wildman–Crippen MR) is 95.1 cm³/mol. The van der Waals surface area contributed by atoms with E-state index in [1.165, 1.54) is 5.56 Å². The molecule has 0 fully saturated rings. The highest BCUT2D eigenvalue weighted by atomic mass is 79.9. The van der Waals surface area contributed by atoms with Crippen molar-refractivity contribution in [3.63, 3.8) is 0 Å². The summed E-state index contributed by atoms with van der Waals surface area (Å²) in [5.74, 6) is -0.278. The van der Waals surface area contributed by atoms with Crippen LogP contribution in [0.5, 0.6) is 0 Å². The van der Waals surface area contributed by atoms with Gasteiger partial charge in [-0.1, -0.05) is 40.2 Å². The van der Waals surface area contributed by atoms with Gasteiger partial charge < -0.3 is 9.32 Å². The third-order valence-electron chi connectivity index (χ3n) is 4.34. The molecule has 24 heavy (non-hydrogen) atoms. The van der Waals surface area contributed by atoms with Crippen LogP contribution < -0.4 is 5.63 Å². The fourth-order valence-electron chi connectivity index (χ4n) is 3.08. The minimum absolute atomic E-state index is 0.0833. The Labute approximate surface area is 146 Å². The molecule has 0 bridgehead atoms. The number of nitrogens with zero attached hydrogens (tertiary/aromatic N) is 1. The zero-order valence-electron chi connectivity index (χ0n) is 12.8. The molecule has 5 heteroatoms. The average Bonchev–Trinajstić information content (AvgIpc) is 2.60. The van der Waals surface area contributed by atoms with Gasteiger partial charge in [0, 0.05) is 22.9 Å². The van der Waals surface area contributed by atoms with E-state index in [0.717, 1.165) is 21.8 Å². The van der Waals surface area contributed by atoms with E-state index >= 15 is 0 Å². The number of carbonyl (C=O) groups is 1. The van der Waals surface area contributed by atoms with Crippen LogP contribution in [0, 0.1) is 0 Å². The van der Waals surface area contributed by atoms with Crippen molar-refractivity contribution in [2.45, 2.75) is 13.0 Å². The Bertz CT molecular complexity index is 1010. The maximum Gasteiger partial charge on any atom is 0.349 e. The summed E-state index contributed by atoms with van der Waals surface area (Å²) in [6.07, 6.45) is 0.798. The minimum atomic E-state index is -0.589. The molecule has 1 aliphatic heterocycles. The second kappa shape index (κ2) is 5.91. The van der Waals surface area contributed by atoms with Crippen LogP contribution in [0.2, 0.25) is 0 Å². The van der Waals surface area contributed by atoms with E-state index in [4.69, 9.17) is 4.42 Å². The number of fused-ring (bicyclic) bond motifs is 2. The topological polar surface area (TPSA) is 50.5 Å². The molecule has 0 saturated heterocycles. The van der Waals surface area contributed by atoms with Gasteiger partial charge in [0.1, 0.15) is 11.1 Å². The highest BCUT2D eigenvalue weighted by Gasteiger charge is 2.24. The Kier molecular flexibility index (Phi) is 3.73. The van der Waals surface area contributed by atoms with Gasteiger partial charge in [-0.25, -0.2) is 4.79 Å². The number of hydrogen-bond acceptors (Lipinski definition) is 3. The van der Waals surface area contributed by atoms with E-state index in [-0.39, 0.29) is 11.5 Å². The van der Waals surface area contributed by atoms with Gasteiger partial charge >= 0.3 is 5.63 Å². The molecule has 0 radical (unpaired) electrons. The molecule has 2 aromatic carbocycles. The zero-order valence-corrected chi connectivity index (χ0v) is 14.4. The fraction of sp³-hybridized carbons (Fsp3) is 0.158. The molecule has 4 nitrogen and oxygen atoms in total. The monoisotopic (exact) mass is 383 g/mol. The predicted octanol–water partition coefficient (Wildman–Crippen LogP) is 3.75. The summed E-state index contributed by atoms with van der Waals surface area (Å²) in [7, 11) is 0. The maximum atomic E-state index is 12.8. The van der Waals surface area contributed by atoms with Crippen LogP contribution in [-0.2, 0) is 13.0 Å². The fourth-order valence-corrected chi connectivity index (χ4v) is 3.46. The van der Waals surface area contributed by atoms with Crippen molar-refractivity contribution >= 4 is 32.8 Å². The summed E-state index contributed by atoms with van der Waals surface area (Å²) in [6, 6.07) is 15.0. The van der Waals surface area contributed by atoms with Gasteiger partial charge in [0.05, 0.1) is 0 Å². The van der Waals surface area contributed by atoms with Gasteiger partial charge in [-0.3, -0.25) is 4.79 Å². The van der Waals surface area contributed by atoms with E-state index in [1.54, 1.807) is 23.1 Å². The van der Waals surface area contributed by atoms with Gasteiger partial charge in [0.15, 0.2) is 0 Å².